The number of carbonyl (C=O) groups is 3. The summed E-state index contributed by atoms with van der Waals surface area (Å²) in [5, 5.41) is 11.1. The number of carboxylic acid groups (broad SMARTS) is 1. The number of piperidine rings is 1. The Morgan fingerprint density at radius 1 is 1.36 bits per heavy atom. The number of nitrogens with zero attached hydrogens (tertiary/aromatic N) is 2. The Labute approximate surface area is 128 Å². The molecule has 2 rings (SSSR count). The van der Waals surface area contributed by atoms with E-state index < -0.39 is 5.97 Å². The van der Waals surface area contributed by atoms with Crippen molar-refractivity contribution in [2.45, 2.75) is 19.3 Å². The molecule has 2 amide bonds. The van der Waals surface area contributed by atoms with Gasteiger partial charge in [0.25, 0.3) is 0 Å². The molecule has 2 N–H and O–H groups in total. The number of hydrogen-bond donors (Lipinski definition) is 2. The molecule has 1 unspecified atom stereocenters. The molecule has 22 heavy (non-hydrogen) atoms. The lowest BCUT2D eigenvalue weighted by Gasteiger charge is -2.31. The smallest absolute Gasteiger partial charge is 0.317 e. The minimum absolute atomic E-state index is 0.0522. The summed E-state index contributed by atoms with van der Waals surface area (Å²) in [5.74, 6) is -1.26. The number of likely N-dealkylation sites (tertiary alicyclic amines) is 1. The third-order valence-corrected chi connectivity index (χ3v) is 3.61. The van der Waals surface area contributed by atoms with E-state index in [4.69, 9.17) is 5.11 Å². The van der Waals surface area contributed by atoms with Crippen molar-refractivity contribution in [3.8, 4) is 0 Å². The molecule has 0 aromatic carbocycles. The zero-order chi connectivity index (χ0) is 15.9. The van der Waals surface area contributed by atoms with Crippen LogP contribution in [0.3, 0.4) is 0 Å². The minimum atomic E-state index is -0.956. The van der Waals surface area contributed by atoms with Gasteiger partial charge in [0.15, 0.2) is 5.78 Å². The third-order valence-electron chi connectivity index (χ3n) is 3.61. The number of hydrogen-bond acceptors (Lipinski definition) is 4. The number of rotatable bonds is 5. The van der Waals surface area contributed by atoms with Crippen LogP contribution < -0.4 is 5.32 Å². The minimum Gasteiger partial charge on any atom is -0.481 e. The number of nitrogens with one attached hydrogen (secondary N) is 1. The highest BCUT2D eigenvalue weighted by Crippen LogP contribution is 2.20. The van der Waals surface area contributed by atoms with Crippen molar-refractivity contribution in [2.75, 3.05) is 19.6 Å². The van der Waals surface area contributed by atoms with Gasteiger partial charge in [-0.15, -0.1) is 0 Å². The first-order valence-corrected chi connectivity index (χ1v) is 7.27. The molecule has 2 heterocycles. The topological polar surface area (TPSA) is 99.6 Å². The van der Waals surface area contributed by atoms with Crippen LogP contribution in [0.2, 0.25) is 0 Å². The molecule has 7 nitrogen and oxygen atoms in total. The van der Waals surface area contributed by atoms with E-state index in [0.717, 1.165) is 12.8 Å². The molecule has 1 atom stereocenters. The van der Waals surface area contributed by atoms with Gasteiger partial charge in [0.2, 0.25) is 0 Å². The number of pyridine rings is 1. The maximum absolute atomic E-state index is 12.4. The van der Waals surface area contributed by atoms with Gasteiger partial charge in [-0.3, -0.25) is 14.6 Å². The first kappa shape index (κ1) is 15.9. The molecular formula is C15H19N3O4. The number of carboxylic acids is 1. The van der Waals surface area contributed by atoms with Gasteiger partial charge >= 0.3 is 12.0 Å². The molecule has 1 aliphatic heterocycles. The van der Waals surface area contributed by atoms with Crippen LogP contribution in [-0.4, -0.2) is 52.4 Å². The van der Waals surface area contributed by atoms with Crippen LogP contribution >= 0.6 is 0 Å². The van der Waals surface area contributed by atoms with Crippen molar-refractivity contribution < 1.29 is 19.5 Å². The molecule has 0 bridgehead atoms. The average Bonchev–Trinajstić information content (AvgIpc) is 2.54. The Morgan fingerprint density at radius 2 is 2.18 bits per heavy atom. The lowest BCUT2D eigenvalue weighted by molar-refractivity contribution is -0.136. The Kier molecular flexibility index (Phi) is 5.46. The van der Waals surface area contributed by atoms with E-state index in [2.05, 4.69) is 10.3 Å². The van der Waals surface area contributed by atoms with Gasteiger partial charge in [-0.1, -0.05) is 6.07 Å². The molecule has 0 radical (unpaired) electrons. The first-order valence-electron chi connectivity index (χ1n) is 7.27. The van der Waals surface area contributed by atoms with E-state index >= 15 is 0 Å². The molecule has 118 valence electrons. The zero-order valence-corrected chi connectivity index (χ0v) is 12.2. The van der Waals surface area contributed by atoms with Crippen LogP contribution in [0, 0.1) is 5.92 Å². The molecule has 1 aromatic heterocycles. The lowest BCUT2D eigenvalue weighted by atomic mass is 9.92. The summed E-state index contributed by atoms with van der Waals surface area (Å²) in [4.78, 5) is 40.4. The monoisotopic (exact) mass is 305 g/mol. The number of carbonyl (C=O) groups excluding carboxylic acids is 2. The highest BCUT2D eigenvalue weighted by Gasteiger charge is 2.29. The molecule has 1 saturated heterocycles. The predicted molar refractivity (Wildman–Crippen MR) is 78.5 cm³/mol. The summed E-state index contributed by atoms with van der Waals surface area (Å²) in [6, 6.07) is 4.87. The highest BCUT2D eigenvalue weighted by molar-refractivity contribution is 5.96. The molecule has 0 spiro atoms. The van der Waals surface area contributed by atoms with E-state index in [1.54, 1.807) is 29.3 Å². The fraction of sp³-hybridized carbons (Fsp3) is 0.467. The SMILES string of the molecule is O=C(O)CCNC(=O)N1CCCC(C(=O)c2ccccn2)C1. The Morgan fingerprint density at radius 3 is 2.86 bits per heavy atom. The second-order valence-electron chi connectivity index (χ2n) is 5.24. The Hall–Kier alpha value is -2.44. The summed E-state index contributed by atoms with van der Waals surface area (Å²) in [6.07, 6.45) is 2.94. The van der Waals surface area contributed by atoms with Gasteiger partial charge in [-0.05, 0) is 25.0 Å². The summed E-state index contributed by atoms with van der Waals surface area (Å²) in [6.45, 7) is 1.00. The van der Waals surface area contributed by atoms with Crippen molar-refractivity contribution in [2.24, 2.45) is 5.92 Å². The van der Waals surface area contributed by atoms with Crippen molar-refractivity contribution >= 4 is 17.8 Å². The quantitative estimate of drug-likeness (QED) is 0.795. The maximum atomic E-state index is 12.4. The molecule has 1 aliphatic rings. The number of amides is 2. The molecule has 1 fully saturated rings. The van der Waals surface area contributed by atoms with Crippen LogP contribution in [0.1, 0.15) is 29.8 Å². The third kappa shape index (κ3) is 4.28. The highest BCUT2D eigenvalue weighted by atomic mass is 16.4. The number of Topliss-reactive ketones (excluding diaryl/α,β-unsaturated/α-hetero) is 1. The van der Waals surface area contributed by atoms with Crippen LogP contribution in [0.4, 0.5) is 4.79 Å². The fourth-order valence-electron chi connectivity index (χ4n) is 2.48. The van der Waals surface area contributed by atoms with Gasteiger partial charge in [0, 0.05) is 31.7 Å². The largest absolute Gasteiger partial charge is 0.481 e. The molecule has 0 aliphatic carbocycles. The van der Waals surface area contributed by atoms with Gasteiger partial charge in [-0.2, -0.15) is 0 Å². The number of ketones is 1. The molecule has 7 heteroatoms. The van der Waals surface area contributed by atoms with Crippen LogP contribution in [0.25, 0.3) is 0 Å². The summed E-state index contributed by atoms with van der Waals surface area (Å²) in [7, 11) is 0. The van der Waals surface area contributed by atoms with Gasteiger partial charge in [0.1, 0.15) is 5.69 Å². The second-order valence-corrected chi connectivity index (χ2v) is 5.24. The van der Waals surface area contributed by atoms with E-state index in [0.29, 0.717) is 18.8 Å². The van der Waals surface area contributed by atoms with Crippen molar-refractivity contribution in [3.63, 3.8) is 0 Å². The summed E-state index contributed by atoms with van der Waals surface area (Å²) >= 11 is 0. The standard InChI is InChI=1S/C15H19N3O4/c19-13(20)6-8-17-15(22)18-9-3-4-11(10-18)14(21)12-5-1-2-7-16-12/h1-2,5,7,11H,3-4,6,8-10H2,(H,17,22)(H,19,20). The van der Waals surface area contributed by atoms with Crippen molar-refractivity contribution in [3.05, 3.63) is 30.1 Å². The predicted octanol–water partition coefficient (Wildman–Crippen LogP) is 1.16. The van der Waals surface area contributed by atoms with Crippen molar-refractivity contribution in [1.29, 1.82) is 0 Å². The van der Waals surface area contributed by atoms with E-state index in [9.17, 15) is 14.4 Å². The molecule has 0 saturated carbocycles. The molecule has 1 aromatic rings. The summed E-state index contributed by atoms with van der Waals surface area (Å²) in [5.41, 5.74) is 0.417. The first-order chi connectivity index (χ1) is 10.6. The van der Waals surface area contributed by atoms with E-state index in [1.807, 2.05) is 0 Å². The Balaban J connectivity index is 1.90. The maximum Gasteiger partial charge on any atom is 0.317 e. The van der Waals surface area contributed by atoms with Gasteiger partial charge in [-0.25, -0.2) is 4.79 Å². The lowest BCUT2D eigenvalue weighted by Crippen LogP contribution is -2.47. The average molecular weight is 305 g/mol. The van der Waals surface area contributed by atoms with Gasteiger partial charge in [0.05, 0.1) is 6.42 Å². The van der Waals surface area contributed by atoms with Crippen molar-refractivity contribution in [1.82, 2.24) is 15.2 Å². The van der Waals surface area contributed by atoms with E-state index in [-0.39, 0.29) is 30.7 Å². The second kappa shape index (κ2) is 7.53. The normalized spacial score (nSPS) is 17.8. The van der Waals surface area contributed by atoms with Gasteiger partial charge < -0.3 is 15.3 Å². The number of aliphatic carboxylic acids is 1. The Bertz CT molecular complexity index is 547. The van der Waals surface area contributed by atoms with Crippen LogP contribution in [0.15, 0.2) is 24.4 Å². The number of urea groups is 1. The molecular weight excluding hydrogens is 286 g/mol. The summed E-state index contributed by atoms with van der Waals surface area (Å²) < 4.78 is 0. The zero-order valence-electron chi connectivity index (χ0n) is 12.2. The van der Waals surface area contributed by atoms with Crippen LogP contribution in [0.5, 0.6) is 0 Å². The number of aromatic nitrogens is 1. The van der Waals surface area contributed by atoms with Crippen LogP contribution in [-0.2, 0) is 4.79 Å². The fourth-order valence-corrected chi connectivity index (χ4v) is 2.48. The van der Waals surface area contributed by atoms with E-state index in [1.165, 1.54) is 0 Å².